The normalized spacial score (nSPS) is 11.9. The molecule has 0 saturated carbocycles. The molecule has 0 aliphatic heterocycles. The Balaban J connectivity index is 2.92. The van der Waals surface area contributed by atoms with Gasteiger partial charge in [-0.05, 0) is 30.0 Å². The van der Waals surface area contributed by atoms with Gasteiger partial charge in [0.25, 0.3) is 10.1 Å². The average Bonchev–Trinajstić information content (AvgIpc) is 2.13. The number of rotatable bonds is 1. The van der Waals surface area contributed by atoms with Crippen LogP contribution in [0.4, 0.5) is 5.69 Å². The number of phenolic OH excluding ortho intramolecular Hbond substituents is 1. The number of fused-ring (bicyclic) bond motifs is 1. The fourth-order valence-corrected chi connectivity index (χ4v) is 2.34. The summed E-state index contributed by atoms with van der Waals surface area (Å²) in [6.45, 7) is 1.80. The van der Waals surface area contributed by atoms with Crippen molar-refractivity contribution in [2.24, 2.45) is 0 Å². The lowest BCUT2D eigenvalue weighted by atomic mass is 10.0. The van der Waals surface area contributed by atoms with Gasteiger partial charge in [-0.2, -0.15) is 8.42 Å². The highest BCUT2D eigenvalue weighted by Crippen LogP contribution is 2.33. The molecule has 0 amide bonds. The third-order valence-electron chi connectivity index (χ3n) is 2.47. The first-order valence-corrected chi connectivity index (χ1v) is 6.23. The summed E-state index contributed by atoms with van der Waals surface area (Å²) in [4.78, 5) is -0.354. The van der Waals surface area contributed by atoms with Gasteiger partial charge < -0.3 is 10.8 Å². The van der Waals surface area contributed by atoms with Crippen LogP contribution in [0.5, 0.6) is 5.75 Å². The van der Waals surface area contributed by atoms with E-state index in [0.717, 1.165) is 11.6 Å². The van der Waals surface area contributed by atoms with Crippen LogP contribution in [0.2, 0.25) is 0 Å². The van der Waals surface area contributed by atoms with E-state index in [1.54, 1.807) is 19.1 Å². The number of hydrogen-bond acceptors (Lipinski definition) is 4. The second-order valence-electron chi connectivity index (χ2n) is 3.87. The molecule has 0 spiro atoms. The van der Waals surface area contributed by atoms with Gasteiger partial charge >= 0.3 is 0 Å². The van der Waals surface area contributed by atoms with Gasteiger partial charge in [-0.25, -0.2) is 0 Å². The van der Waals surface area contributed by atoms with E-state index in [2.05, 4.69) is 0 Å². The van der Waals surface area contributed by atoms with Crippen molar-refractivity contribution >= 4 is 26.6 Å². The zero-order valence-corrected chi connectivity index (χ0v) is 9.82. The smallest absolute Gasteiger partial charge is 0.294 e. The number of nitrogens with two attached hydrogens (primary N) is 1. The minimum atomic E-state index is -4.34. The van der Waals surface area contributed by atoms with Gasteiger partial charge in [0.05, 0.1) is 4.90 Å². The molecule has 5 nitrogen and oxygen atoms in total. The first kappa shape index (κ1) is 11.7. The van der Waals surface area contributed by atoms with Gasteiger partial charge in [0.15, 0.2) is 0 Å². The summed E-state index contributed by atoms with van der Waals surface area (Å²) in [5.41, 5.74) is 6.94. The van der Waals surface area contributed by atoms with Crippen LogP contribution in [-0.2, 0) is 10.1 Å². The van der Waals surface area contributed by atoms with Crippen LogP contribution < -0.4 is 5.73 Å². The SMILES string of the molecule is Cc1cc(N)c2c(O)cc(S(=O)(=O)O)cc2c1. The molecular formula is C11H11NO4S. The lowest BCUT2D eigenvalue weighted by Crippen LogP contribution is -1.98. The maximum Gasteiger partial charge on any atom is 0.294 e. The predicted molar refractivity (Wildman–Crippen MR) is 64.6 cm³/mol. The van der Waals surface area contributed by atoms with Crippen molar-refractivity contribution in [2.75, 3.05) is 5.73 Å². The molecule has 0 saturated heterocycles. The van der Waals surface area contributed by atoms with Crippen molar-refractivity contribution in [3.63, 3.8) is 0 Å². The standard InChI is InChI=1S/C11H11NO4S/c1-6-2-7-4-8(17(14,15)16)5-10(13)11(7)9(12)3-6/h2-5,13H,12H2,1H3,(H,14,15,16). The molecule has 2 aromatic carbocycles. The van der Waals surface area contributed by atoms with Crippen molar-refractivity contribution in [3.8, 4) is 5.75 Å². The van der Waals surface area contributed by atoms with E-state index >= 15 is 0 Å². The third kappa shape index (κ3) is 2.04. The first-order valence-electron chi connectivity index (χ1n) is 4.79. The monoisotopic (exact) mass is 253 g/mol. The zero-order chi connectivity index (χ0) is 12.8. The van der Waals surface area contributed by atoms with E-state index in [1.165, 1.54) is 6.07 Å². The van der Waals surface area contributed by atoms with E-state index in [-0.39, 0.29) is 10.6 Å². The molecule has 6 heteroatoms. The highest BCUT2D eigenvalue weighted by Gasteiger charge is 2.14. The van der Waals surface area contributed by atoms with Gasteiger partial charge in [0.2, 0.25) is 0 Å². The van der Waals surface area contributed by atoms with Crippen LogP contribution in [0, 0.1) is 6.92 Å². The number of nitrogen functional groups attached to an aromatic ring is 1. The molecule has 2 rings (SSSR count). The fraction of sp³-hybridized carbons (Fsp3) is 0.0909. The van der Waals surface area contributed by atoms with Gasteiger partial charge in [0, 0.05) is 17.1 Å². The lowest BCUT2D eigenvalue weighted by molar-refractivity contribution is 0.471. The molecule has 0 unspecified atom stereocenters. The first-order chi connectivity index (χ1) is 7.79. The highest BCUT2D eigenvalue weighted by atomic mass is 32.2. The molecule has 2 aromatic rings. The van der Waals surface area contributed by atoms with Gasteiger partial charge in [-0.1, -0.05) is 6.07 Å². The molecule has 0 aliphatic rings. The van der Waals surface area contributed by atoms with Crippen molar-refractivity contribution in [1.82, 2.24) is 0 Å². The third-order valence-corrected chi connectivity index (χ3v) is 3.31. The topological polar surface area (TPSA) is 101 Å². The molecule has 90 valence electrons. The summed E-state index contributed by atoms with van der Waals surface area (Å²) in [6, 6.07) is 5.60. The van der Waals surface area contributed by atoms with Gasteiger partial charge in [0.1, 0.15) is 5.75 Å². The molecule has 0 fully saturated rings. The molecule has 17 heavy (non-hydrogen) atoms. The van der Waals surface area contributed by atoms with Crippen LogP contribution in [0.3, 0.4) is 0 Å². The fourth-order valence-electron chi connectivity index (χ4n) is 1.80. The molecule has 0 aliphatic carbocycles. The maximum atomic E-state index is 11.0. The van der Waals surface area contributed by atoms with Crippen molar-refractivity contribution < 1.29 is 18.1 Å². The second kappa shape index (κ2) is 3.61. The number of anilines is 1. The van der Waals surface area contributed by atoms with Gasteiger partial charge in [-0.3, -0.25) is 4.55 Å². The molecule has 0 bridgehead atoms. The lowest BCUT2D eigenvalue weighted by Gasteiger charge is -2.08. The minimum Gasteiger partial charge on any atom is -0.507 e. The Labute approximate surface area is 98.2 Å². The summed E-state index contributed by atoms with van der Waals surface area (Å²) < 4.78 is 31.0. The Bertz CT molecular complexity index is 707. The summed E-state index contributed by atoms with van der Waals surface area (Å²) in [5.74, 6) is -0.271. The van der Waals surface area contributed by atoms with E-state index in [1.807, 2.05) is 0 Å². The second-order valence-corrected chi connectivity index (χ2v) is 5.29. The Morgan fingerprint density at radius 3 is 2.41 bits per heavy atom. The molecule has 0 heterocycles. The molecule has 0 radical (unpaired) electrons. The minimum absolute atomic E-state index is 0.271. The summed E-state index contributed by atoms with van der Waals surface area (Å²) >= 11 is 0. The van der Waals surface area contributed by atoms with Crippen molar-refractivity contribution in [2.45, 2.75) is 11.8 Å². The average molecular weight is 253 g/mol. The van der Waals surface area contributed by atoms with Crippen LogP contribution in [0.25, 0.3) is 10.8 Å². The number of hydrogen-bond donors (Lipinski definition) is 3. The van der Waals surface area contributed by atoms with Crippen LogP contribution in [0.15, 0.2) is 29.2 Å². The maximum absolute atomic E-state index is 11.0. The van der Waals surface area contributed by atoms with Crippen LogP contribution in [-0.4, -0.2) is 18.1 Å². The number of aryl methyl sites for hydroxylation is 1. The molecular weight excluding hydrogens is 242 g/mol. The Kier molecular flexibility index (Phi) is 2.48. The van der Waals surface area contributed by atoms with E-state index in [4.69, 9.17) is 10.3 Å². The number of phenols is 1. The predicted octanol–water partition coefficient (Wildman–Crippen LogP) is 1.68. The Morgan fingerprint density at radius 2 is 1.82 bits per heavy atom. The number of aromatic hydroxyl groups is 1. The molecule has 0 aromatic heterocycles. The number of benzene rings is 2. The molecule has 4 N–H and O–H groups in total. The zero-order valence-electron chi connectivity index (χ0n) is 9.01. The molecule has 0 atom stereocenters. The summed E-state index contributed by atoms with van der Waals surface area (Å²) in [6.07, 6.45) is 0. The van der Waals surface area contributed by atoms with Gasteiger partial charge in [-0.15, -0.1) is 0 Å². The van der Waals surface area contributed by atoms with Crippen molar-refractivity contribution in [1.29, 1.82) is 0 Å². The van der Waals surface area contributed by atoms with Crippen molar-refractivity contribution in [3.05, 3.63) is 29.8 Å². The quantitative estimate of drug-likeness (QED) is 0.530. The van der Waals surface area contributed by atoms with Crippen LogP contribution in [0.1, 0.15) is 5.56 Å². The van der Waals surface area contributed by atoms with E-state index in [9.17, 15) is 13.5 Å². The van der Waals surface area contributed by atoms with E-state index < -0.39 is 10.1 Å². The Hall–Kier alpha value is -1.79. The largest absolute Gasteiger partial charge is 0.507 e. The summed E-state index contributed by atoms with van der Waals surface area (Å²) in [7, 11) is -4.34. The highest BCUT2D eigenvalue weighted by molar-refractivity contribution is 7.85. The Morgan fingerprint density at radius 1 is 1.18 bits per heavy atom. The van der Waals surface area contributed by atoms with Crippen LogP contribution >= 0.6 is 0 Å². The van der Waals surface area contributed by atoms with E-state index in [0.29, 0.717) is 16.5 Å². The summed E-state index contributed by atoms with van der Waals surface area (Å²) in [5, 5.41) is 10.6.